The summed E-state index contributed by atoms with van der Waals surface area (Å²) in [6, 6.07) is 4.79. The summed E-state index contributed by atoms with van der Waals surface area (Å²) in [4.78, 5) is 8.29. The Morgan fingerprint density at radius 3 is 2.33 bits per heavy atom. The molecule has 1 atom stereocenters. The molecule has 24 heavy (non-hydrogen) atoms. The van der Waals surface area contributed by atoms with Gasteiger partial charge in [-0.2, -0.15) is 9.97 Å². The lowest BCUT2D eigenvalue weighted by atomic mass is 10.0. The summed E-state index contributed by atoms with van der Waals surface area (Å²) in [5.74, 6) is 0.639. The van der Waals surface area contributed by atoms with Gasteiger partial charge in [-0.3, -0.25) is 0 Å². The Labute approximate surface area is 145 Å². The van der Waals surface area contributed by atoms with E-state index in [2.05, 4.69) is 9.97 Å². The first kappa shape index (κ1) is 18.3. The molecule has 0 fully saturated rings. The van der Waals surface area contributed by atoms with E-state index < -0.39 is 6.10 Å². The molecule has 0 bridgehead atoms. The van der Waals surface area contributed by atoms with Crippen LogP contribution in [0.15, 0.2) is 18.2 Å². The molecule has 0 aliphatic rings. The zero-order valence-electron chi connectivity index (χ0n) is 13.7. The highest BCUT2D eigenvalue weighted by Crippen LogP contribution is 2.32. The van der Waals surface area contributed by atoms with Crippen LogP contribution in [0.1, 0.15) is 30.0 Å². The van der Waals surface area contributed by atoms with E-state index in [1.54, 1.807) is 12.1 Å². The number of methoxy groups -OCH3 is 2. The maximum absolute atomic E-state index is 10.7. The van der Waals surface area contributed by atoms with Crippen LogP contribution in [0, 0.1) is 0 Å². The van der Waals surface area contributed by atoms with Gasteiger partial charge in [-0.05, 0) is 19.1 Å². The molecule has 1 heterocycles. The van der Waals surface area contributed by atoms with Crippen molar-refractivity contribution < 1.29 is 19.3 Å². The minimum absolute atomic E-state index is 0.0996. The highest BCUT2D eigenvalue weighted by molar-refractivity contribution is 6.30. The van der Waals surface area contributed by atoms with Crippen LogP contribution >= 0.6 is 11.6 Å². The largest absolute Gasteiger partial charge is 0.481 e. The Bertz CT molecular complexity index is 690. The number of aromatic nitrogens is 2. The van der Waals surface area contributed by atoms with E-state index in [1.165, 1.54) is 20.3 Å². The Morgan fingerprint density at radius 2 is 1.79 bits per heavy atom. The van der Waals surface area contributed by atoms with Gasteiger partial charge in [-0.25, -0.2) is 0 Å². The molecule has 2 aromatic rings. The zero-order valence-corrected chi connectivity index (χ0v) is 14.5. The Hall–Kier alpha value is -2.09. The highest BCUT2D eigenvalue weighted by Gasteiger charge is 2.21. The molecule has 1 aromatic carbocycles. The maximum atomic E-state index is 10.7. The number of nitrogens with zero attached hydrogens (tertiary/aromatic N) is 2. The summed E-state index contributed by atoms with van der Waals surface area (Å²) in [6.07, 6.45) is -1.19. The van der Waals surface area contributed by atoms with Gasteiger partial charge in [0.15, 0.2) is 5.82 Å². The molecule has 8 heteroatoms. The van der Waals surface area contributed by atoms with Gasteiger partial charge < -0.3 is 25.1 Å². The zero-order chi connectivity index (χ0) is 17.7. The van der Waals surface area contributed by atoms with E-state index in [9.17, 15) is 5.11 Å². The van der Waals surface area contributed by atoms with Crippen LogP contribution in [0.25, 0.3) is 0 Å². The Balaban J connectivity index is 2.45. The molecule has 1 aromatic heterocycles. The second-order valence-electron chi connectivity index (χ2n) is 4.92. The molecule has 0 spiro atoms. The SMILES string of the molecule is CCOCc1cc(Cl)cc(C(O)c2nc(OC)cc(OC)n2)c1N. The van der Waals surface area contributed by atoms with Crippen molar-refractivity contribution in [1.82, 2.24) is 9.97 Å². The molecule has 3 N–H and O–H groups in total. The van der Waals surface area contributed by atoms with Gasteiger partial charge >= 0.3 is 0 Å². The second kappa shape index (κ2) is 8.14. The molecule has 0 aliphatic heterocycles. The Morgan fingerprint density at radius 1 is 1.17 bits per heavy atom. The van der Waals surface area contributed by atoms with Gasteiger partial charge in [0.25, 0.3) is 0 Å². The molecule has 0 amide bonds. The predicted octanol–water partition coefficient (Wildman–Crippen LogP) is 2.35. The lowest BCUT2D eigenvalue weighted by molar-refractivity contribution is 0.134. The number of benzene rings is 1. The van der Waals surface area contributed by atoms with Gasteiger partial charge in [0.1, 0.15) is 6.10 Å². The van der Waals surface area contributed by atoms with Gasteiger partial charge in [0.2, 0.25) is 11.8 Å². The van der Waals surface area contributed by atoms with Crippen molar-refractivity contribution in [3.8, 4) is 11.8 Å². The van der Waals surface area contributed by atoms with Crippen molar-refractivity contribution in [3.63, 3.8) is 0 Å². The molecule has 0 saturated heterocycles. The van der Waals surface area contributed by atoms with Gasteiger partial charge in [-0.15, -0.1) is 0 Å². The maximum Gasteiger partial charge on any atom is 0.220 e. The van der Waals surface area contributed by atoms with E-state index in [0.717, 1.165) is 0 Å². The van der Waals surface area contributed by atoms with Crippen LogP contribution < -0.4 is 15.2 Å². The first-order valence-corrected chi connectivity index (χ1v) is 7.68. The molecule has 2 rings (SSSR count). The fourth-order valence-electron chi connectivity index (χ4n) is 2.15. The standard InChI is InChI=1S/C16H20ClN3O4/c1-4-24-8-9-5-10(17)6-11(14(9)18)15(21)16-19-12(22-2)7-13(20-16)23-3/h5-7,15,21H,4,8,18H2,1-3H3. The number of halogens is 1. The number of rotatable bonds is 7. The molecule has 7 nitrogen and oxygen atoms in total. The van der Waals surface area contributed by atoms with Gasteiger partial charge in [-0.1, -0.05) is 11.6 Å². The molecular formula is C16H20ClN3O4. The summed E-state index contributed by atoms with van der Waals surface area (Å²) in [7, 11) is 2.93. The van der Waals surface area contributed by atoms with Crippen LogP contribution in [-0.2, 0) is 11.3 Å². The summed E-state index contributed by atoms with van der Waals surface area (Å²) < 4.78 is 15.6. The highest BCUT2D eigenvalue weighted by atomic mass is 35.5. The normalized spacial score (nSPS) is 12.0. The molecular weight excluding hydrogens is 334 g/mol. The van der Waals surface area contributed by atoms with Gasteiger partial charge in [0.05, 0.1) is 26.9 Å². The summed E-state index contributed by atoms with van der Waals surface area (Å²) >= 11 is 6.14. The minimum atomic E-state index is -1.19. The van der Waals surface area contributed by atoms with Crippen molar-refractivity contribution in [1.29, 1.82) is 0 Å². The van der Waals surface area contributed by atoms with E-state index >= 15 is 0 Å². The van der Waals surface area contributed by atoms with E-state index in [4.69, 9.17) is 31.5 Å². The van der Waals surface area contributed by atoms with Crippen molar-refractivity contribution in [2.24, 2.45) is 0 Å². The third kappa shape index (κ3) is 4.05. The van der Waals surface area contributed by atoms with E-state index in [-0.39, 0.29) is 17.6 Å². The quantitative estimate of drug-likeness (QED) is 0.737. The van der Waals surface area contributed by atoms with Crippen LogP contribution in [0.2, 0.25) is 5.02 Å². The smallest absolute Gasteiger partial charge is 0.220 e. The third-order valence-electron chi connectivity index (χ3n) is 3.38. The number of aliphatic hydroxyl groups excluding tert-OH is 1. The first-order chi connectivity index (χ1) is 11.5. The van der Waals surface area contributed by atoms with Crippen LogP contribution in [-0.4, -0.2) is 35.9 Å². The predicted molar refractivity (Wildman–Crippen MR) is 90.4 cm³/mol. The average Bonchev–Trinajstić information content (AvgIpc) is 2.60. The summed E-state index contributed by atoms with van der Waals surface area (Å²) in [5, 5.41) is 11.1. The topological polar surface area (TPSA) is 99.7 Å². The van der Waals surface area contributed by atoms with Gasteiger partial charge in [0, 0.05) is 28.4 Å². The minimum Gasteiger partial charge on any atom is -0.481 e. The second-order valence-corrected chi connectivity index (χ2v) is 5.35. The van der Waals surface area contributed by atoms with Crippen molar-refractivity contribution in [2.45, 2.75) is 19.6 Å². The fourth-order valence-corrected chi connectivity index (χ4v) is 2.40. The fraction of sp³-hybridized carbons (Fsp3) is 0.375. The van der Waals surface area contributed by atoms with Crippen molar-refractivity contribution in [3.05, 3.63) is 40.2 Å². The lowest BCUT2D eigenvalue weighted by Gasteiger charge is -2.17. The molecule has 0 saturated carbocycles. The average molecular weight is 354 g/mol. The van der Waals surface area contributed by atoms with Crippen LogP contribution in [0.5, 0.6) is 11.8 Å². The summed E-state index contributed by atoms with van der Waals surface area (Å²) in [5.41, 5.74) is 7.62. The number of nitrogens with two attached hydrogens (primary N) is 1. The number of hydrogen-bond acceptors (Lipinski definition) is 7. The number of ether oxygens (including phenoxy) is 3. The monoisotopic (exact) mass is 353 g/mol. The molecule has 0 aliphatic carbocycles. The van der Waals surface area contributed by atoms with Crippen molar-refractivity contribution in [2.75, 3.05) is 26.6 Å². The molecule has 1 unspecified atom stereocenters. The van der Waals surface area contributed by atoms with E-state index in [1.807, 2.05) is 6.92 Å². The molecule has 130 valence electrons. The Kier molecular flexibility index (Phi) is 6.19. The number of nitrogen functional groups attached to an aromatic ring is 1. The van der Waals surface area contributed by atoms with Crippen molar-refractivity contribution >= 4 is 17.3 Å². The lowest BCUT2D eigenvalue weighted by Crippen LogP contribution is -2.11. The van der Waals surface area contributed by atoms with E-state index in [0.29, 0.717) is 35.1 Å². The van der Waals surface area contributed by atoms with Crippen LogP contribution in [0.4, 0.5) is 5.69 Å². The van der Waals surface area contributed by atoms with Crippen LogP contribution in [0.3, 0.4) is 0 Å². The number of anilines is 1. The third-order valence-corrected chi connectivity index (χ3v) is 3.60. The first-order valence-electron chi connectivity index (χ1n) is 7.30. The number of aliphatic hydroxyl groups is 1. The summed E-state index contributed by atoms with van der Waals surface area (Å²) in [6.45, 7) is 2.72. The molecule has 0 radical (unpaired) electrons. The number of hydrogen-bond donors (Lipinski definition) is 2.